The molecule has 1 rings (SSSR count). The van der Waals surface area contributed by atoms with Gasteiger partial charge in [-0.25, -0.2) is 0 Å². The van der Waals surface area contributed by atoms with Crippen molar-refractivity contribution in [3.05, 3.63) is 34.5 Å². The Labute approximate surface area is 75.8 Å². The van der Waals surface area contributed by atoms with Crippen molar-refractivity contribution >= 4 is 34.0 Å². The van der Waals surface area contributed by atoms with E-state index in [9.17, 15) is 0 Å². The van der Waals surface area contributed by atoms with Gasteiger partial charge < -0.3 is 0 Å². The monoisotopic (exact) mass is 184 g/mol. The van der Waals surface area contributed by atoms with Crippen LogP contribution in [0.5, 0.6) is 0 Å². The first-order valence-corrected chi connectivity index (χ1v) is 4.42. The second-order valence-corrected chi connectivity index (χ2v) is 3.99. The van der Waals surface area contributed by atoms with Crippen LogP contribution in [-0.4, -0.2) is 0 Å². The normalized spacial score (nSPS) is 9.64. The predicted octanol–water partition coefficient (Wildman–Crippen LogP) is 3.91. The second-order valence-electron chi connectivity index (χ2n) is 2.24. The summed E-state index contributed by atoms with van der Waals surface area (Å²) in [5.74, 6) is 0. The predicted molar refractivity (Wildman–Crippen MR) is 54.0 cm³/mol. The van der Waals surface area contributed by atoms with Crippen LogP contribution in [0, 0.1) is 6.92 Å². The first kappa shape index (κ1) is 8.57. The van der Waals surface area contributed by atoms with Gasteiger partial charge in [0.2, 0.25) is 0 Å². The summed E-state index contributed by atoms with van der Waals surface area (Å²) in [7, 11) is 0. The van der Waals surface area contributed by atoms with Crippen LogP contribution >= 0.6 is 22.9 Å². The van der Waals surface area contributed by atoms with E-state index in [1.165, 1.54) is 4.88 Å². The summed E-state index contributed by atoms with van der Waals surface area (Å²) >= 11 is 7.44. The molecule has 1 aromatic heterocycles. The average molecular weight is 185 g/mol. The Bertz CT molecular complexity index is 297. The molecule has 0 fully saturated rings. The van der Waals surface area contributed by atoms with Crippen molar-refractivity contribution < 1.29 is 0 Å². The van der Waals surface area contributed by atoms with Gasteiger partial charge in [-0.15, -0.1) is 11.3 Å². The first-order valence-electron chi connectivity index (χ1n) is 3.23. The van der Waals surface area contributed by atoms with E-state index < -0.39 is 0 Å². The molecule has 0 aliphatic heterocycles. The first-order chi connectivity index (χ1) is 5.15. The fraction of sp³-hybridized carbons (Fsp3) is 0.111. The smallest absolute Gasteiger partial charge is 0.0421 e. The Hall–Kier alpha value is -0.530. The second kappa shape index (κ2) is 3.24. The molecule has 1 heterocycles. The van der Waals surface area contributed by atoms with E-state index in [0.29, 0.717) is 5.03 Å². The van der Waals surface area contributed by atoms with Gasteiger partial charge in [0.05, 0.1) is 0 Å². The van der Waals surface area contributed by atoms with Crippen LogP contribution in [0.1, 0.15) is 15.3 Å². The molecule has 0 aliphatic rings. The summed E-state index contributed by atoms with van der Waals surface area (Å²) in [6.07, 6.45) is 1.81. The maximum atomic E-state index is 5.76. The topological polar surface area (TPSA) is 0 Å². The minimum absolute atomic E-state index is 0.587. The number of hydrogen-bond acceptors (Lipinski definition) is 1. The Kier molecular flexibility index (Phi) is 2.53. The largest absolute Gasteiger partial charge is 0.141 e. The maximum absolute atomic E-state index is 5.76. The van der Waals surface area contributed by atoms with E-state index in [1.54, 1.807) is 17.4 Å². The van der Waals surface area contributed by atoms with Crippen LogP contribution in [0.4, 0.5) is 0 Å². The summed E-state index contributed by atoms with van der Waals surface area (Å²) in [4.78, 5) is 2.33. The van der Waals surface area contributed by atoms with Gasteiger partial charge >= 0.3 is 0 Å². The van der Waals surface area contributed by atoms with Gasteiger partial charge in [-0.3, -0.25) is 0 Å². The highest BCUT2D eigenvalue weighted by Gasteiger charge is 2.04. The Morgan fingerprint density at radius 2 is 2.36 bits per heavy atom. The van der Waals surface area contributed by atoms with Gasteiger partial charge in [0.1, 0.15) is 0 Å². The van der Waals surface area contributed by atoms with E-state index in [0.717, 1.165) is 10.4 Å². The molecular weight excluding hydrogens is 176 g/mol. The summed E-state index contributed by atoms with van der Waals surface area (Å²) in [6.45, 7) is 9.41. The highest BCUT2D eigenvalue weighted by molar-refractivity contribution is 7.13. The zero-order chi connectivity index (χ0) is 8.43. The Morgan fingerprint density at radius 3 is 2.73 bits per heavy atom. The molecule has 0 aromatic carbocycles. The number of hydrogen-bond donors (Lipinski definition) is 0. The lowest BCUT2D eigenvalue weighted by Gasteiger charge is -1.92. The molecule has 0 saturated heterocycles. The molecule has 0 bridgehead atoms. The lowest BCUT2D eigenvalue weighted by Crippen LogP contribution is -1.71. The summed E-state index contributed by atoms with van der Waals surface area (Å²) in [5, 5.41) is 0.587. The van der Waals surface area contributed by atoms with E-state index in [4.69, 9.17) is 11.6 Å². The molecule has 0 saturated carbocycles. The summed E-state index contributed by atoms with van der Waals surface area (Å²) in [6, 6.07) is 2.02. The zero-order valence-corrected chi connectivity index (χ0v) is 7.93. The fourth-order valence-electron chi connectivity index (χ4n) is 0.896. The lowest BCUT2D eigenvalue weighted by molar-refractivity contribution is 1.62. The van der Waals surface area contributed by atoms with E-state index in [1.807, 2.05) is 13.0 Å². The van der Waals surface area contributed by atoms with Crippen LogP contribution in [0.3, 0.4) is 0 Å². The van der Waals surface area contributed by atoms with E-state index >= 15 is 0 Å². The van der Waals surface area contributed by atoms with Gasteiger partial charge in [-0.2, -0.15) is 0 Å². The molecule has 58 valence electrons. The van der Waals surface area contributed by atoms with Crippen LogP contribution in [0.2, 0.25) is 0 Å². The van der Waals surface area contributed by atoms with Crippen molar-refractivity contribution in [1.29, 1.82) is 0 Å². The third-order valence-corrected chi connectivity index (χ3v) is 2.61. The van der Waals surface area contributed by atoms with Crippen molar-refractivity contribution in [2.75, 3.05) is 0 Å². The van der Waals surface area contributed by atoms with Crippen molar-refractivity contribution in [3.8, 4) is 0 Å². The van der Waals surface area contributed by atoms with Gasteiger partial charge in [-0.05, 0) is 13.0 Å². The van der Waals surface area contributed by atoms with Gasteiger partial charge in [0.15, 0.2) is 0 Å². The number of rotatable bonds is 2. The zero-order valence-electron chi connectivity index (χ0n) is 6.36. The molecule has 0 atom stereocenters. The Balaban J connectivity index is 3.22. The van der Waals surface area contributed by atoms with Crippen LogP contribution in [-0.2, 0) is 0 Å². The SMILES string of the molecule is C=Cc1sc(C)cc1C(=C)Cl. The minimum Gasteiger partial charge on any atom is -0.141 e. The molecule has 0 unspecified atom stereocenters. The fourth-order valence-corrected chi connectivity index (χ4v) is 2.01. The molecule has 0 N–H and O–H groups in total. The molecule has 1 aromatic rings. The molecular formula is C9H9ClS. The highest BCUT2D eigenvalue weighted by atomic mass is 35.5. The lowest BCUT2D eigenvalue weighted by atomic mass is 10.2. The molecule has 0 radical (unpaired) electrons. The third-order valence-electron chi connectivity index (χ3n) is 1.36. The third kappa shape index (κ3) is 1.73. The van der Waals surface area contributed by atoms with Crippen molar-refractivity contribution in [3.63, 3.8) is 0 Å². The molecule has 0 spiro atoms. The highest BCUT2D eigenvalue weighted by Crippen LogP contribution is 2.29. The van der Waals surface area contributed by atoms with Crippen molar-refractivity contribution in [2.24, 2.45) is 0 Å². The number of thiophene rings is 1. The van der Waals surface area contributed by atoms with Gasteiger partial charge in [0, 0.05) is 20.4 Å². The van der Waals surface area contributed by atoms with Crippen molar-refractivity contribution in [1.82, 2.24) is 0 Å². The molecule has 0 amide bonds. The van der Waals surface area contributed by atoms with E-state index in [2.05, 4.69) is 13.2 Å². The standard InChI is InChI=1S/C9H9ClS/c1-4-9-8(7(3)10)5-6(2)11-9/h4-5H,1,3H2,2H3. The number of halogens is 1. The van der Waals surface area contributed by atoms with Gasteiger partial charge in [-0.1, -0.05) is 30.8 Å². The molecule has 2 heteroatoms. The maximum Gasteiger partial charge on any atom is 0.0421 e. The average Bonchev–Trinajstić information content (AvgIpc) is 2.30. The molecule has 0 nitrogen and oxygen atoms in total. The Morgan fingerprint density at radius 1 is 1.73 bits per heavy atom. The summed E-state index contributed by atoms with van der Waals surface area (Å²) in [5.41, 5.74) is 1.00. The quantitative estimate of drug-likeness (QED) is 0.654. The number of aryl methyl sites for hydroxylation is 1. The van der Waals surface area contributed by atoms with Crippen LogP contribution < -0.4 is 0 Å². The van der Waals surface area contributed by atoms with E-state index in [-0.39, 0.29) is 0 Å². The minimum atomic E-state index is 0.587. The molecule has 11 heavy (non-hydrogen) atoms. The van der Waals surface area contributed by atoms with Crippen LogP contribution in [0.15, 0.2) is 19.2 Å². The van der Waals surface area contributed by atoms with Crippen LogP contribution in [0.25, 0.3) is 11.1 Å². The molecule has 0 aliphatic carbocycles. The van der Waals surface area contributed by atoms with Crippen molar-refractivity contribution in [2.45, 2.75) is 6.92 Å². The van der Waals surface area contributed by atoms with Gasteiger partial charge in [0.25, 0.3) is 0 Å². The summed E-state index contributed by atoms with van der Waals surface area (Å²) < 4.78 is 0.